The molecule has 1 atom stereocenters. The molecule has 1 amide bonds. The number of nitrogens with one attached hydrogen (secondary N) is 2. The predicted molar refractivity (Wildman–Crippen MR) is 114 cm³/mol. The first-order valence-electron chi connectivity index (χ1n) is 8.50. The number of halogens is 1. The number of rotatable bonds is 7. The van der Waals surface area contributed by atoms with Crippen molar-refractivity contribution in [1.29, 1.82) is 0 Å². The van der Waals surface area contributed by atoms with E-state index in [2.05, 4.69) is 41.5 Å². The molecule has 0 fully saturated rings. The van der Waals surface area contributed by atoms with Crippen LogP contribution in [0.5, 0.6) is 0 Å². The van der Waals surface area contributed by atoms with E-state index in [1.807, 2.05) is 18.7 Å². The summed E-state index contributed by atoms with van der Waals surface area (Å²) in [4.78, 5) is 17.7. The molecule has 1 rings (SSSR count). The molecule has 0 saturated carbocycles. The van der Waals surface area contributed by atoms with Crippen molar-refractivity contribution in [2.24, 2.45) is 12.0 Å². The number of carbonyl (C=O) groups is 1. The quantitative estimate of drug-likeness (QED) is 0.366. The lowest BCUT2D eigenvalue weighted by Gasteiger charge is -2.19. The van der Waals surface area contributed by atoms with E-state index in [9.17, 15) is 4.79 Å². The summed E-state index contributed by atoms with van der Waals surface area (Å²) in [7, 11) is 5.44. The molecule has 0 aliphatic rings. The molecule has 2 N–H and O–H groups in total. The molecular weight excluding hydrogens is 431 g/mol. The molecule has 0 spiro atoms. The number of aromatic nitrogens is 2. The maximum Gasteiger partial charge on any atom is 0.243 e. The first-order chi connectivity index (χ1) is 11.3. The molecule has 0 radical (unpaired) electrons. The fraction of sp³-hybridized carbons (Fsp3) is 0.706. The summed E-state index contributed by atoms with van der Waals surface area (Å²) < 4.78 is 1.91. The van der Waals surface area contributed by atoms with Gasteiger partial charge in [-0.1, -0.05) is 6.92 Å². The Morgan fingerprint density at radius 1 is 1.36 bits per heavy atom. The fourth-order valence-electron chi connectivity index (χ4n) is 2.39. The molecule has 1 aromatic rings. The lowest BCUT2D eigenvalue weighted by molar-refractivity contribution is -0.127. The van der Waals surface area contributed by atoms with E-state index in [-0.39, 0.29) is 42.5 Å². The van der Waals surface area contributed by atoms with Gasteiger partial charge in [-0.3, -0.25) is 9.48 Å². The average Bonchev–Trinajstić information content (AvgIpc) is 2.75. The summed E-state index contributed by atoms with van der Waals surface area (Å²) in [5, 5.41) is 11.1. The van der Waals surface area contributed by atoms with E-state index in [4.69, 9.17) is 0 Å². The van der Waals surface area contributed by atoms with Crippen LogP contribution in [0.2, 0.25) is 0 Å². The second kappa shape index (κ2) is 11.3. The van der Waals surface area contributed by atoms with Gasteiger partial charge in [0.15, 0.2) is 5.96 Å². The molecule has 0 saturated heterocycles. The molecule has 1 aromatic heterocycles. The molecule has 144 valence electrons. The van der Waals surface area contributed by atoms with Crippen molar-refractivity contribution in [2.75, 3.05) is 27.2 Å². The van der Waals surface area contributed by atoms with Crippen molar-refractivity contribution in [3.05, 3.63) is 17.0 Å². The minimum absolute atomic E-state index is 0. The van der Waals surface area contributed by atoms with Gasteiger partial charge in [0.25, 0.3) is 0 Å². The topological polar surface area (TPSA) is 74.6 Å². The summed E-state index contributed by atoms with van der Waals surface area (Å²) in [5.41, 5.74) is 3.51. The number of likely N-dealkylation sites (N-methyl/N-ethyl adjacent to an activating group) is 1. The highest BCUT2D eigenvalue weighted by molar-refractivity contribution is 14.0. The maximum absolute atomic E-state index is 11.7. The summed E-state index contributed by atoms with van der Waals surface area (Å²) in [5.74, 6) is 0.665. The van der Waals surface area contributed by atoms with Crippen LogP contribution in [-0.2, 0) is 18.3 Å². The third kappa shape index (κ3) is 7.62. The standard InChI is InChI=1S/C17H32N6O.HI/c1-8-9-18-17(19-11-16(24)22(5)6)20-12(2)10-15-13(3)21-23(7)14(15)4;/h12H,8-11H2,1-7H3,(H2,18,19,20);1H. The minimum Gasteiger partial charge on any atom is -0.356 e. The molecule has 8 heteroatoms. The highest BCUT2D eigenvalue weighted by Crippen LogP contribution is 2.14. The van der Waals surface area contributed by atoms with Crippen LogP contribution in [0, 0.1) is 13.8 Å². The molecular formula is C17H33IN6O. The van der Waals surface area contributed by atoms with E-state index in [1.165, 1.54) is 11.3 Å². The molecule has 0 aliphatic carbocycles. The Morgan fingerprint density at radius 3 is 2.48 bits per heavy atom. The van der Waals surface area contributed by atoms with Gasteiger partial charge in [0.2, 0.25) is 5.91 Å². The Morgan fingerprint density at radius 2 is 2.00 bits per heavy atom. The normalized spacial score (nSPS) is 12.4. The second-order valence-electron chi connectivity index (χ2n) is 6.40. The van der Waals surface area contributed by atoms with Crippen molar-refractivity contribution in [2.45, 2.75) is 46.6 Å². The third-order valence-electron chi connectivity index (χ3n) is 3.97. The van der Waals surface area contributed by atoms with Crippen LogP contribution in [0.3, 0.4) is 0 Å². The molecule has 7 nitrogen and oxygen atoms in total. The maximum atomic E-state index is 11.7. The van der Waals surface area contributed by atoms with Crippen LogP contribution in [0.1, 0.15) is 37.2 Å². The first-order valence-corrected chi connectivity index (χ1v) is 8.50. The van der Waals surface area contributed by atoms with Gasteiger partial charge in [-0.05, 0) is 39.2 Å². The summed E-state index contributed by atoms with van der Waals surface area (Å²) in [6.07, 6.45) is 1.86. The molecule has 0 bridgehead atoms. The predicted octanol–water partition coefficient (Wildman–Crippen LogP) is 1.62. The number of guanidine groups is 1. The second-order valence-corrected chi connectivity index (χ2v) is 6.40. The van der Waals surface area contributed by atoms with E-state index in [1.54, 1.807) is 19.0 Å². The van der Waals surface area contributed by atoms with Crippen molar-refractivity contribution < 1.29 is 4.79 Å². The molecule has 1 unspecified atom stereocenters. The SMILES string of the molecule is CCCNC(=NCC(=O)N(C)C)NC(C)Cc1c(C)nn(C)c1C.I. The monoisotopic (exact) mass is 464 g/mol. The van der Waals surface area contributed by atoms with Gasteiger partial charge in [0, 0.05) is 39.4 Å². The van der Waals surface area contributed by atoms with Crippen molar-refractivity contribution in [3.8, 4) is 0 Å². The summed E-state index contributed by atoms with van der Waals surface area (Å²) in [6.45, 7) is 9.30. The van der Waals surface area contributed by atoms with Crippen LogP contribution < -0.4 is 10.6 Å². The fourth-order valence-corrected chi connectivity index (χ4v) is 2.39. The van der Waals surface area contributed by atoms with Crippen LogP contribution in [0.4, 0.5) is 0 Å². The zero-order valence-electron chi connectivity index (χ0n) is 16.5. The van der Waals surface area contributed by atoms with Gasteiger partial charge in [0.05, 0.1) is 5.69 Å². The Labute approximate surface area is 168 Å². The number of hydrogen-bond donors (Lipinski definition) is 2. The van der Waals surface area contributed by atoms with Gasteiger partial charge < -0.3 is 15.5 Å². The number of carbonyl (C=O) groups excluding carboxylic acids is 1. The smallest absolute Gasteiger partial charge is 0.243 e. The van der Waals surface area contributed by atoms with E-state index in [0.717, 1.165) is 25.1 Å². The number of amides is 1. The van der Waals surface area contributed by atoms with E-state index >= 15 is 0 Å². The highest BCUT2D eigenvalue weighted by Gasteiger charge is 2.14. The van der Waals surface area contributed by atoms with Gasteiger partial charge in [-0.25, -0.2) is 4.99 Å². The molecule has 1 heterocycles. The lowest BCUT2D eigenvalue weighted by atomic mass is 10.1. The van der Waals surface area contributed by atoms with Gasteiger partial charge in [0.1, 0.15) is 6.54 Å². The number of aliphatic imine (C=N–C) groups is 1. The largest absolute Gasteiger partial charge is 0.356 e. The average molecular weight is 464 g/mol. The van der Waals surface area contributed by atoms with Crippen molar-refractivity contribution in [3.63, 3.8) is 0 Å². The Hall–Kier alpha value is -1.32. The zero-order valence-corrected chi connectivity index (χ0v) is 18.8. The van der Waals surface area contributed by atoms with Crippen molar-refractivity contribution >= 4 is 35.8 Å². The van der Waals surface area contributed by atoms with Gasteiger partial charge >= 0.3 is 0 Å². The Bertz CT molecular complexity index is 582. The van der Waals surface area contributed by atoms with Gasteiger partial charge in [-0.2, -0.15) is 5.10 Å². The third-order valence-corrected chi connectivity index (χ3v) is 3.97. The van der Waals surface area contributed by atoms with Crippen LogP contribution in [-0.4, -0.2) is 59.8 Å². The zero-order chi connectivity index (χ0) is 18.3. The summed E-state index contributed by atoms with van der Waals surface area (Å²) in [6, 6.07) is 0.184. The number of aryl methyl sites for hydroxylation is 2. The lowest BCUT2D eigenvalue weighted by Crippen LogP contribution is -2.44. The molecule has 0 aliphatic heterocycles. The molecule has 0 aromatic carbocycles. The minimum atomic E-state index is -0.0146. The summed E-state index contributed by atoms with van der Waals surface area (Å²) >= 11 is 0. The van der Waals surface area contributed by atoms with Crippen LogP contribution >= 0.6 is 24.0 Å². The Balaban J connectivity index is 0.00000576. The van der Waals surface area contributed by atoms with Crippen molar-refractivity contribution in [1.82, 2.24) is 25.3 Å². The van der Waals surface area contributed by atoms with Crippen LogP contribution in [0.25, 0.3) is 0 Å². The van der Waals surface area contributed by atoms with E-state index in [0.29, 0.717) is 5.96 Å². The molecule has 25 heavy (non-hydrogen) atoms. The highest BCUT2D eigenvalue weighted by atomic mass is 127. The number of nitrogens with zero attached hydrogens (tertiary/aromatic N) is 4. The van der Waals surface area contributed by atoms with E-state index < -0.39 is 0 Å². The Kier molecular flexibility index (Phi) is 10.7. The first kappa shape index (κ1) is 23.7. The number of hydrogen-bond acceptors (Lipinski definition) is 3. The van der Waals surface area contributed by atoms with Crippen LogP contribution in [0.15, 0.2) is 4.99 Å². The van der Waals surface area contributed by atoms with Gasteiger partial charge in [-0.15, -0.1) is 24.0 Å².